The minimum Gasteiger partial charge on any atom is -0.435 e. The van der Waals surface area contributed by atoms with Crippen LogP contribution in [0.4, 0.5) is 8.78 Å². The van der Waals surface area contributed by atoms with Crippen LogP contribution < -0.4 is 19.5 Å². The fourth-order valence-corrected chi connectivity index (χ4v) is 4.72. The summed E-state index contributed by atoms with van der Waals surface area (Å²) in [7, 11) is 0. The number of para-hydroxylation sites is 1. The Morgan fingerprint density at radius 2 is 1.76 bits per heavy atom. The summed E-state index contributed by atoms with van der Waals surface area (Å²) in [6, 6.07) is 16.7. The molecular formula is C24H19F2N3O3S. The zero-order valence-electron chi connectivity index (χ0n) is 17.4. The minimum absolute atomic E-state index is 0.00650. The van der Waals surface area contributed by atoms with E-state index in [1.807, 2.05) is 6.07 Å². The highest BCUT2D eigenvalue weighted by Crippen LogP contribution is 2.15. The zero-order chi connectivity index (χ0) is 23.4. The monoisotopic (exact) mass is 467 g/mol. The molecule has 0 unspecified atom stereocenters. The Bertz CT molecular complexity index is 1370. The van der Waals surface area contributed by atoms with Crippen LogP contribution in [-0.2, 0) is 4.79 Å². The first-order valence-electron chi connectivity index (χ1n) is 10.3. The van der Waals surface area contributed by atoms with Crippen LogP contribution in [-0.4, -0.2) is 35.1 Å². The number of hydrogen-bond donors (Lipinski definition) is 0. The maximum atomic E-state index is 13.3. The minimum atomic E-state index is -2.93. The standard InChI is InChI=1S/C24H19F2N3O3S/c25-24(26)32-18-10-8-16(9-11-18)14-20-22(31)29(17-6-2-1-3-7-17)23(33-20)19(15-27)21(30)28-12-4-5-13-28/h1-3,6-11,14,24H,4-5,12-13H2/b20-14-,23-19+. The van der Waals surface area contributed by atoms with E-state index in [-0.39, 0.29) is 27.5 Å². The van der Waals surface area contributed by atoms with E-state index in [4.69, 9.17) is 0 Å². The number of hydrogen-bond acceptors (Lipinski definition) is 5. The van der Waals surface area contributed by atoms with Crippen LogP contribution in [0, 0.1) is 11.3 Å². The molecule has 0 N–H and O–H groups in total. The van der Waals surface area contributed by atoms with E-state index in [1.165, 1.54) is 16.7 Å². The van der Waals surface area contributed by atoms with Crippen molar-refractivity contribution in [2.24, 2.45) is 0 Å². The van der Waals surface area contributed by atoms with Crippen molar-refractivity contribution in [1.82, 2.24) is 9.47 Å². The van der Waals surface area contributed by atoms with Crippen molar-refractivity contribution in [3.8, 4) is 17.5 Å². The number of aromatic nitrogens is 1. The fraction of sp³-hybridized carbons (Fsp3) is 0.208. The Hall–Kier alpha value is -3.77. The molecule has 1 fully saturated rings. The molecule has 0 aliphatic carbocycles. The topological polar surface area (TPSA) is 75.3 Å². The molecule has 1 aliphatic rings. The smallest absolute Gasteiger partial charge is 0.387 e. The van der Waals surface area contributed by atoms with E-state index >= 15 is 0 Å². The molecule has 2 heterocycles. The third kappa shape index (κ3) is 4.86. The second kappa shape index (κ2) is 9.79. The van der Waals surface area contributed by atoms with Gasteiger partial charge in [-0.2, -0.15) is 14.0 Å². The van der Waals surface area contributed by atoms with Crippen molar-refractivity contribution < 1.29 is 18.3 Å². The number of thiazole rings is 1. The molecule has 4 rings (SSSR count). The molecule has 0 saturated carbocycles. The number of ether oxygens (including phenoxy) is 1. The van der Waals surface area contributed by atoms with Crippen LogP contribution in [0.3, 0.4) is 0 Å². The molecule has 9 heteroatoms. The van der Waals surface area contributed by atoms with E-state index < -0.39 is 6.61 Å². The SMILES string of the molecule is N#C/C(C(=O)N1CCCC1)=c1\s/c(=C\c2ccc(OC(F)F)cc2)c(=O)n1-c1ccccc1. The summed E-state index contributed by atoms with van der Waals surface area (Å²) in [5.74, 6) is -0.381. The number of amides is 1. The molecule has 0 spiro atoms. The highest BCUT2D eigenvalue weighted by atomic mass is 32.1. The largest absolute Gasteiger partial charge is 0.435 e. The molecule has 0 bridgehead atoms. The lowest BCUT2D eigenvalue weighted by atomic mass is 10.2. The molecule has 168 valence electrons. The van der Waals surface area contributed by atoms with Crippen LogP contribution in [0.25, 0.3) is 17.3 Å². The summed E-state index contributed by atoms with van der Waals surface area (Å²) in [6.07, 6.45) is 3.35. The number of benzene rings is 2. The molecule has 0 atom stereocenters. The summed E-state index contributed by atoms with van der Waals surface area (Å²) in [6.45, 7) is -1.76. The van der Waals surface area contributed by atoms with Gasteiger partial charge < -0.3 is 9.64 Å². The number of alkyl halides is 2. The van der Waals surface area contributed by atoms with Gasteiger partial charge in [0.05, 0.1) is 10.2 Å². The average Bonchev–Trinajstić information content (AvgIpc) is 3.45. The molecule has 33 heavy (non-hydrogen) atoms. The number of carbonyl (C=O) groups excluding carboxylic acids is 1. The molecular weight excluding hydrogens is 448 g/mol. The van der Waals surface area contributed by atoms with Crippen molar-refractivity contribution in [3.05, 3.63) is 79.7 Å². The van der Waals surface area contributed by atoms with Crippen molar-refractivity contribution >= 4 is 28.9 Å². The molecule has 1 saturated heterocycles. The van der Waals surface area contributed by atoms with E-state index in [2.05, 4.69) is 4.74 Å². The second-order valence-electron chi connectivity index (χ2n) is 7.33. The Morgan fingerprint density at radius 1 is 1.09 bits per heavy atom. The third-order valence-corrected chi connectivity index (χ3v) is 6.27. The molecule has 1 amide bonds. The Balaban J connectivity index is 1.90. The summed E-state index contributed by atoms with van der Waals surface area (Å²) in [5.41, 5.74) is 0.668. The highest BCUT2D eigenvalue weighted by Gasteiger charge is 2.24. The summed E-state index contributed by atoms with van der Waals surface area (Å²) in [4.78, 5) is 28.0. The van der Waals surface area contributed by atoms with Crippen LogP contribution in [0.2, 0.25) is 0 Å². The zero-order valence-corrected chi connectivity index (χ0v) is 18.2. The number of likely N-dealkylation sites (tertiary alicyclic amines) is 1. The number of carbonyl (C=O) groups is 1. The second-order valence-corrected chi connectivity index (χ2v) is 8.36. The van der Waals surface area contributed by atoms with Crippen molar-refractivity contribution in [1.29, 1.82) is 5.26 Å². The first-order valence-corrected chi connectivity index (χ1v) is 11.1. The number of nitrogens with zero attached hydrogens (tertiary/aromatic N) is 3. The first kappa shape index (κ1) is 22.4. The van der Waals surface area contributed by atoms with Gasteiger partial charge in [0.25, 0.3) is 11.5 Å². The normalized spacial score (nSPS) is 15.0. The fourth-order valence-electron chi connectivity index (χ4n) is 3.62. The number of rotatable bonds is 5. The maximum Gasteiger partial charge on any atom is 0.387 e. The summed E-state index contributed by atoms with van der Waals surface area (Å²) in [5, 5.41) is 9.85. The maximum absolute atomic E-state index is 13.3. The predicted octanol–water partition coefficient (Wildman–Crippen LogP) is 2.63. The Kier molecular flexibility index (Phi) is 6.66. The molecule has 1 aliphatic heterocycles. The Morgan fingerprint density at radius 3 is 2.36 bits per heavy atom. The van der Waals surface area contributed by atoms with E-state index in [0.29, 0.717) is 28.9 Å². The van der Waals surface area contributed by atoms with Gasteiger partial charge in [0.15, 0.2) is 5.57 Å². The number of halogens is 2. The van der Waals surface area contributed by atoms with E-state index in [9.17, 15) is 23.6 Å². The van der Waals surface area contributed by atoms with E-state index in [0.717, 1.165) is 24.2 Å². The summed E-state index contributed by atoms with van der Waals surface area (Å²) < 4.78 is 31.1. The van der Waals surface area contributed by atoms with Crippen LogP contribution >= 0.6 is 11.3 Å². The molecule has 1 aromatic heterocycles. The van der Waals surface area contributed by atoms with Gasteiger partial charge in [-0.05, 0) is 48.7 Å². The lowest BCUT2D eigenvalue weighted by molar-refractivity contribution is -0.123. The van der Waals surface area contributed by atoms with Gasteiger partial charge in [0.2, 0.25) is 0 Å². The average molecular weight is 467 g/mol. The quantitative estimate of drug-likeness (QED) is 0.578. The third-order valence-electron chi connectivity index (χ3n) is 5.17. The lowest BCUT2D eigenvalue weighted by Crippen LogP contribution is -2.35. The molecule has 6 nitrogen and oxygen atoms in total. The molecule has 2 aromatic carbocycles. The lowest BCUT2D eigenvalue weighted by Gasteiger charge is -2.14. The van der Waals surface area contributed by atoms with Crippen LogP contribution in [0.15, 0.2) is 59.4 Å². The van der Waals surface area contributed by atoms with Crippen LogP contribution in [0.1, 0.15) is 18.4 Å². The van der Waals surface area contributed by atoms with Gasteiger partial charge in [0.1, 0.15) is 16.5 Å². The van der Waals surface area contributed by atoms with Gasteiger partial charge in [-0.1, -0.05) is 30.3 Å². The van der Waals surface area contributed by atoms with Gasteiger partial charge in [-0.25, -0.2) is 0 Å². The first-order chi connectivity index (χ1) is 16.0. The highest BCUT2D eigenvalue weighted by molar-refractivity contribution is 7.07. The van der Waals surface area contributed by atoms with Gasteiger partial charge in [-0.15, -0.1) is 11.3 Å². The predicted molar refractivity (Wildman–Crippen MR) is 121 cm³/mol. The van der Waals surface area contributed by atoms with Crippen molar-refractivity contribution in [3.63, 3.8) is 0 Å². The van der Waals surface area contributed by atoms with E-state index in [1.54, 1.807) is 53.4 Å². The Labute approximate surface area is 191 Å². The van der Waals surface area contributed by atoms with Gasteiger partial charge in [-0.3, -0.25) is 14.2 Å². The molecule has 3 aromatic rings. The van der Waals surface area contributed by atoms with Crippen molar-refractivity contribution in [2.75, 3.05) is 13.1 Å². The van der Waals surface area contributed by atoms with Crippen LogP contribution in [0.5, 0.6) is 5.75 Å². The molecule has 0 radical (unpaired) electrons. The van der Waals surface area contributed by atoms with Gasteiger partial charge >= 0.3 is 6.61 Å². The number of nitriles is 1. The summed E-state index contributed by atoms with van der Waals surface area (Å²) >= 11 is 1.05. The van der Waals surface area contributed by atoms with Gasteiger partial charge in [0, 0.05) is 13.1 Å². The van der Waals surface area contributed by atoms with Crippen molar-refractivity contribution in [2.45, 2.75) is 19.5 Å².